The van der Waals surface area contributed by atoms with Crippen LogP contribution in [0.1, 0.15) is 169 Å². The summed E-state index contributed by atoms with van der Waals surface area (Å²) in [5, 5.41) is 21.1. The molecule has 5 aliphatic rings. The number of fused-ring (bicyclic) bond motifs is 7. The molecule has 312 valence electrons. The second kappa shape index (κ2) is 16.6. The summed E-state index contributed by atoms with van der Waals surface area (Å²) in [7, 11) is 0. The highest BCUT2D eigenvalue weighted by atomic mass is 16.4. The third kappa shape index (κ3) is 7.26. The van der Waals surface area contributed by atoms with Crippen LogP contribution in [0, 0.1) is 56.7 Å². The average molecular weight is 773 g/mol. The van der Waals surface area contributed by atoms with Crippen molar-refractivity contribution in [3.05, 3.63) is 42.0 Å². The van der Waals surface area contributed by atoms with Crippen LogP contribution in [-0.4, -0.2) is 40.6 Å². The van der Waals surface area contributed by atoms with Crippen molar-refractivity contribution >= 4 is 23.5 Å². The van der Waals surface area contributed by atoms with Crippen LogP contribution in [0.15, 0.2) is 36.4 Å². The maximum atomic E-state index is 15.8. The van der Waals surface area contributed by atoms with Gasteiger partial charge in [-0.1, -0.05) is 103 Å². The first-order chi connectivity index (χ1) is 26.5. The number of aliphatic carboxylic acids is 1. The minimum atomic E-state index is -0.972. The largest absolute Gasteiger partial charge is 0.481 e. The van der Waals surface area contributed by atoms with Crippen molar-refractivity contribution in [2.24, 2.45) is 62.4 Å². The van der Waals surface area contributed by atoms with Crippen molar-refractivity contribution < 1.29 is 24.6 Å². The Morgan fingerprint density at radius 3 is 2.11 bits per heavy atom. The van der Waals surface area contributed by atoms with E-state index in [1.165, 1.54) is 24.2 Å². The van der Waals surface area contributed by atoms with Gasteiger partial charge in [0.15, 0.2) is 0 Å². The number of anilines is 1. The second-order valence-corrected chi connectivity index (χ2v) is 20.8. The number of unbranched alkanes of at least 4 members (excludes halogenated alkanes) is 7. The Morgan fingerprint density at radius 1 is 0.786 bits per heavy atom. The maximum Gasteiger partial charge on any atom is 0.307 e. The van der Waals surface area contributed by atoms with Gasteiger partial charge in [-0.3, -0.25) is 14.4 Å². The van der Waals surface area contributed by atoms with E-state index in [0.29, 0.717) is 35.4 Å². The summed E-state index contributed by atoms with van der Waals surface area (Å²) < 4.78 is 0. The first kappa shape index (κ1) is 43.1. The summed E-state index contributed by atoms with van der Waals surface area (Å²) in [5.41, 5.74) is 7.25. The predicted octanol–water partition coefficient (Wildman–Crippen LogP) is 10.7. The Kier molecular flexibility index (Phi) is 12.8. The Hall–Kier alpha value is -2.51. The van der Waals surface area contributed by atoms with Gasteiger partial charge in [0.25, 0.3) is 0 Å². The third-order valence-electron chi connectivity index (χ3n) is 17.8. The van der Waals surface area contributed by atoms with Crippen LogP contribution in [0.2, 0.25) is 0 Å². The quantitative estimate of drug-likeness (QED) is 0.121. The number of carboxylic acids is 1. The summed E-state index contributed by atoms with van der Waals surface area (Å²) in [6.07, 6.45) is 18.0. The molecule has 6 rings (SSSR count). The van der Waals surface area contributed by atoms with E-state index in [-0.39, 0.29) is 64.3 Å². The lowest BCUT2D eigenvalue weighted by Gasteiger charge is -2.72. The number of benzene rings is 1. The van der Waals surface area contributed by atoms with Crippen molar-refractivity contribution in [2.75, 3.05) is 11.4 Å². The van der Waals surface area contributed by atoms with Gasteiger partial charge in [-0.2, -0.15) is 0 Å². The van der Waals surface area contributed by atoms with Crippen molar-refractivity contribution in [2.45, 2.75) is 176 Å². The summed E-state index contributed by atoms with van der Waals surface area (Å²) >= 11 is 0. The number of carbonyl (C=O) groups excluding carboxylic acids is 2. The van der Waals surface area contributed by atoms with Crippen LogP contribution < -0.4 is 10.6 Å². The number of aliphatic hydroxyl groups is 1. The molecule has 7 heteroatoms. The molecule has 5 fully saturated rings. The van der Waals surface area contributed by atoms with E-state index in [2.05, 4.69) is 48.1 Å². The number of nitrogens with zero attached hydrogens (tertiary/aromatic N) is 1. The molecular formula is C49H76N2O5. The van der Waals surface area contributed by atoms with E-state index in [9.17, 15) is 19.8 Å². The SMILES string of the molecule is C=C(C)[C@@H]1CC[C@]2(C(=O)N(C(=O)CCCCCCCCCCN)c3ccccc3CC(=O)O)CC[C@]3(C)[C@H](CCC4[C@@]5(C)CC[C@H](O)C(C)(C)[C@@H]5CC[C@]43C)[C@@H]12. The normalized spacial score (nSPS) is 37.1. The molecule has 0 aliphatic heterocycles. The van der Waals surface area contributed by atoms with Gasteiger partial charge in [-0.15, -0.1) is 0 Å². The fraction of sp³-hybridized carbons (Fsp3) is 0.776. The zero-order chi connectivity index (χ0) is 40.7. The Morgan fingerprint density at radius 2 is 1.45 bits per heavy atom. The van der Waals surface area contributed by atoms with Gasteiger partial charge in [0.1, 0.15) is 0 Å². The van der Waals surface area contributed by atoms with Crippen LogP contribution in [0.25, 0.3) is 0 Å². The topological polar surface area (TPSA) is 121 Å². The highest BCUT2D eigenvalue weighted by Crippen LogP contribution is 2.77. The first-order valence-electron chi connectivity index (χ1n) is 22.7. The van der Waals surface area contributed by atoms with E-state index in [0.717, 1.165) is 102 Å². The van der Waals surface area contributed by atoms with Gasteiger partial charge < -0.3 is 15.9 Å². The van der Waals surface area contributed by atoms with E-state index in [4.69, 9.17) is 5.73 Å². The molecule has 7 nitrogen and oxygen atoms in total. The van der Waals surface area contributed by atoms with Crippen LogP contribution in [0.3, 0.4) is 0 Å². The van der Waals surface area contributed by atoms with Gasteiger partial charge in [-0.25, -0.2) is 4.90 Å². The molecule has 5 saturated carbocycles. The van der Waals surface area contributed by atoms with Crippen LogP contribution >= 0.6 is 0 Å². The lowest BCUT2D eigenvalue weighted by molar-refractivity contribution is -0.246. The summed E-state index contributed by atoms with van der Waals surface area (Å²) in [4.78, 5) is 44.0. The second-order valence-electron chi connectivity index (χ2n) is 20.8. The number of carboxylic acid groups (broad SMARTS) is 1. The molecule has 0 spiro atoms. The van der Waals surface area contributed by atoms with E-state index in [1.54, 1.807) is 12.1 Å². The van der Waals surface area contributed by atoms with Crippen LogP contribution in [-0.2, 0) is 20.8 Å². The first-order valence-corrected chi connectivity index (χ1v) is 22.7. The molecule has 1 aromatic carbocycles. The Labute approximate surface area is 339 Å². The number of nitrogens with two attached hydrogens (primary N) is 1. The summed E-state index contributed by atoms with van der Waals surface area (Å²) in [6.45, 7) is 19.8. The fourth-order valence-electron chi connectivity index (χ4n) is 14.7. The molecule has 0 radical (unpaired) electrons. The number of aliphatic hydroxyl groups excluding tert-OH is 1. The lowest BCUT2D eigenvalue weighted by atomic mass is 9.32. The zero-order valence-electron chi connectivity index (χ0n) is 36.0. The maximum absolute atomic E-state index is 15.8. The standard InChI is InChI=1S/C49H76N2O5/c1-33(2)35-23-28-49(44(56)51(37-19-16-15-18-34(37)32-42(54)55)41(53)20-14-12-10-8-9-11-13-17-31-50)30-29-47(6)36(43(35)49)21-22-39-46(5)26-25-40(52)45(3,4)38(46)24-27-48(39,47)7/h15-16,18-19,35-36,38-40,43,52H,1,8-14,17,20-32,50H2,2-7H3,(H,54,55)/t35-,36+,38-,39?,40-,43+,46-,47+,48+,49-/m0/s1. The monoisotopic (exact) mass is 773 g/mol. The minimum absolute atomic E-state index is 0.0248. The minimum Gasteiger partial charge on any atom is -0.481 e. The van der Waals surface area contributed by atoms with E-state index >= 15 is 4.79 Å². The molecule has 5 aliphatic carbocycles. The summed E-state index contributed by atoms with van der Waals surface area (Å²) in [5.74, 6) is 0.395. The average Bonchev–Trinajstić information content (AvgIpc) is 3.55. The molecule has 1 unspecified atom stereocenters. The number of hydrogen-bond donors (Lipinski definition) is 3. The number of imide groups is 1. The molecule has 56 heavy (non-hydrogen) atoms. The van der Waals surface area contributed by atoms with Crippen LogP contribution in [0.5, 0.6) is 0 Å². The van der Waals surface area contributed by atoms with Gasteiger partial charge >= 0.3 is 5.97 Å². The zero-order valence-corrected chi connectivity index (χ0v) is 36.0. The van der Waals surface area contributed by atoms with Gasteiger partial charge in [0.05, 0.1) is 23.6 Å². The summed E-state index contributed by atoms with van der Waals surface area (Å²) in [6, 6.07) is 7.21. The van der Waals surface area contributed by atoms with Crippen molar-refractivity contribution in [1.29, 1.82) is 0 Å². The molecule has 0 aromatic heterocycles. The van der Waals surface area contributed by atoms with Crippen LogP contribution in [0.4, 0.5) is 5.69 Å². The number of rotatable bonds is 15. The Balaban J connectivity index is 1.32. The molecule has 1 aromatic rings. The lowest BCUT2D eigenvalue weighted by Crippen LogP contribution is -2.67. The molecule has 0 bridgehead atoms. The number of carbonyl (C=O) groups is 3. The van der Waals surface area contributed by atoms with E-state index < -0.39 is 11.4 Å². The molecule has 2 amide bonds. The smallest absolute Gasteiger partial charge is 0.307 e. The van der Waals surface area contributed by atoms with Gasteiger partial charge in [-0.05, 0) is 153 Å². The number of amides is 2. The molecule has 0 saturated heterocycles. The number of para-hydroxylation sites is 1. The molecule has 10 atom stereocenters. The molecule has 0 heterocycles. The molecule has 4 N–H and O–H groups in total. The van der Waals surface area contributed by atoms with Gasteiger partial charge in [0.2, 0.25) is 11.8 Å². The van der Waals surface area contributed by atoms with Crippen molar-refractivity contribution in [3.8, 4) is 0 Å². The third-order valence-corrected chi connectivity index (χ3v) is 17.8. The van der Waals surface area contributed by atoms with E-state index in [1.807, 2.05) is 12.1 Å². The van der Waals surface area contributed by atoms with Crippen molar-refractivity contribution in [1.82, 2.24) is 0 Å². The van der Waals surface area contributed by atoms with Crippen molar-refractivity contribution in [3.63, 3.8) is 0 Å². The molecular weight excluding hydrogens is 697 g/mol. The number of allylic oxidation sites excluding steroid dienone is 1. The highest BCUT2D eigenvalue weighted by Gasteiger charge is 2.72. The Bertz CT molecular complexity index is 1620. The predicted molar refractivity (Wildman–Crippen MR) is 226 cm³/mol. The fourth-order valence-corrected chi connectivity index (χ4v) is 14.7. The highest BCUT2D eigenvalue weighted by molar-refractivity contribution is 6.17. The number of hydrogen-bond acceptors (Lipinski definition) is 5. The van der Waals surface area contributed by atoms with Gasteiger partial charge in [0, 0.05) is 6.42 Å².